The van der Waals surface area contributed by atoms with Crippen LogP contribution in [0.3, 0.4) is 0 Å². The molecule has 148 valence electrons. The summed E-state index contributed by atoms with van der Waals surface area (Å²) in [6, 6.07) is 32.0. The number of hydrogen-bond donors (Lipinski definition) is 0. The second-order valence-electron chi connectivity index (χ2n) is 6.88. The van der Waals surface area contributed by atoms with Crippen molar-refractivity contribution in [3.63, 3.8) is 0 Å². The van der Waals surface area contributed by atoms with Crippen LogP contribution in [0.5, 0.6) is 0 Å². The predicted octanol–water partition coefficient (Wildman–Crippen LogP) is 4.14. The maximum atomic E-state index is 13.2. The molecule has 1 aromatic heterocycles. The maximum absolute atomic E-state index is 13.2. The molecule has 5 nitrogen and oxygen atoms in total. The zero-order valence-corrected chi connectivity index (χ0v) is 16.4. The molecule has 0 aliphatic carbocycles. The topological polar surface area (TPSA) is 55.2 Å². The van der Waals surface area contributed by atoms with Crippen LogP contribution >= 0.6 is 0 Å². The third-order valence-corrected chi connectivity index (χ3v) is 4.77. The van der Waals surface area contributed by atoms with Crippen molar-refractivity contribution in [2.24, 2.45) is 0 Å². The minimum Gasteiger partial charge on any atom is -0.306 e. The molecule has 0 bridgehead atoms. The Morgan fingerprint density at radius 1 is 0.767 bits per heavy atom. The fourth-order valence-electron chi connectivity index (χ4n) is 3.24. The van der Waals surface area contributed by atoms with Gasteiger partial charge in [0.2, 0.25) is 5.91 Å². The molecule has 30 heavy (non-hydrogen) atoms. The van der Waals surface area contributed by atoms with Crippen molar-refractivity contribution in [2.45, 2.75) is 13.1 Å². The number of anilines is 1. The fourth-order valence-corrected chi connectivity index (χ4v) is 3.24. The standard InChI is InChI=1S/C25H21N3O2/c29-24-17-16-23(21-12-6-2-7-13-21)26-28(24)19-25(30)27(22-14-8-3-9-15-22)18-20-10-4-1-5-11-20/h1-17H,18-19H2. The smallest absolute Gasteiger partial charge is 0.267 e. The minimum atomic E-state index is -0.309. The molecular weight excluding hydrogens is 374 g/mol. The summed E-state index contributed by atoms with van der Waals surface area (Å²) in [5.74, 6) is -0.204. The highest BCUT2D eigenvalue weighted by atomic mass is 16.2. The third kappa shape index (κ3) is 4.52. The Balaban J connectivity index is 1.63. The Labute approximate surface area is 174 Å². The Hall–Kier alpha value is -3.99. The second kappa shape index (κ2) is 9.01. The van der Waals surface area contributed by atoms with Crippen LogP contribution in [0.1, 0.15) is 5.56 Å². The first kappa shape index (κ1) is 19.3. The van der Waals surface area contributed by atoms with Crippen LogP contribution in [0.4, 0.5) is 5.69 Å². The number of hydrogen-bond acceptors (Lipinski definition) is 3. The van der Waals surface area contributed by atoms with Crippen LogP contribution in [-0.4, -0.2) is 15.7 Å². The van der Waals surface area contributed by atoms with Gasteiger partial charge in [0, 0.05) is 17.3 Å². The zero-order chi connectivity index (χ0) is 20.8. The van der Waals surface area contributed by atoms with Gasteiger partial charge in [-0.15, -0.1) is 0 Å². The average molecular weight is 395 g/mol. The Bertz CT molecular complexity index is 1170. The van der Waals surface area contributed by atoms with Gasteiger partial charge >= 0.3 is 0 Å². The molecule has 0 aliphatic rings. The lowest BCUT2D eigenvalue weighted by Crippen LogP contribution is -2.37. The summed E-state index contributed by atoms with van der Waals surface area (Å²) in [6.45, 7) is 0.276. The third-order valence-electron chi connectivity index (χ3n) is 4.77. The molecule has 0 saturated carbocycles. The molecular formula is C25H21N3O2. The largest absolute Gasteiger partial charge is 0.306 e. The minimum absolute atomic E-state index is 0.138. The number of rotatable bonds is 6. The number of benzene rings is 3. The lowest BCUT2D eigenvalue weighted by atomic mass is 10.1. The number of carbonyl (C=O) groups excluding carboxylic acids is 1. The summed E-state index contributed by atoms with van der Waals surface area (Å²) in [4.78, 5) is 27.3. The molecule has 0 unspecified atom stereocenters. The first-order valence-electron chi connectivity index (χ1n) is 9.73. The van der Waals surface area contributed by atoms with Crippen molar-refractivity contribution in [3.8, 4) is 11.3 Å². The molecule has 0 fully saturated rings. The average Bonchev–Trinajstić information content (AvgIpc) is 2.80. The summed E-state index contributed by atoms with van der Waals surface area (Å²) >= 11 is 0. The van der Waals surface area contributed by atoms with Gasteiger partial charge in [0.1, 0.15) is 6.54 Å². The summed E-state index contributed by atoms with van der Waals surface area (Å²) in [5.41, 5.74) is 3.02. The second-order valence-corrected chi connectivity index (χ2v) is 6.88. The monoisotopic (exact) mass is 395 g/mol. The number of para-hydroxylation sites is 1. The first-order valence-corrected chi connectivity index (χ1v) is 9.73. The number of nitrogens with zero attached hydrogens (tertiary/aromatic N) is 3. The maximum Gasteiger partial charge on any atom is 0.267 e. The van der Waals surface area contributed by atoms with Gasteiger partial charge in [0.05, 0.1) is 12.2 Å². The van der Waals surface area contributed by atoms with Crippen molar-refractivity contribution >= 4 is 11.6 Å². The van der Waals surface area contributed by atoms with E-state index < -0.39 is 0 Å². The van der Waals surface area contributed by atoms with Gasteiger partial charge < -0.3 is 4.90 Å². The normalized spacial score (nSPS) is 10.5. The van der Waals surface area contributed by atoms with E-state index in [1.54, 1.807) is 11.0 Å². The van der Waals surface area contributed by atoms with Crippen LogP contribution in [0.25, 0.3) is 11.3 Å². The van der Waals surface area contributed by atoms with E-state index in [0.717, 1.165) is 16.8 Å². The van der Waals surface area contributed by atoms with Crippen LogP contribution < -0.4 is 10.5 Å². The first-order chi connectivity index (χ1) is 14.7. The van der Waals surface area contributed by atoms with E-state index in [1.165, 1.54) is 10.7 Å². The van der Waals surface area contributed by atoms with E-state index in [2.05, 4.69) is 5.10 Å². The van der Waals surface area contributed by atoms with Crippen molar-refractivity contribution in [3.05, 3.63) is 119 Å². The van der Waals surface area contributed by atoms with E-state index in [0.29, 0.717) is 12.2 Å². The van der Waals surface area contributed by atoms with E-state index in [1.807, 2.05) is 91.0 Å². The van der Waals surface area contributed by atoms with E-state index >= 15 is 0 Å². The highest BCUT2D eigenvalue weighted by Gasteiger charge is 2.18. The van der Waals surface area contributed by atoms with E-state index in [-0.39, 0.29) is 18.0 Å². The summed E-state index contributed by atoms with van der Waals surface area (Å²) in [6.07, 6.45) is 0. The molecule has 4 aromatic rings. The molecule has 0 atom stereocenters. The number of amides is 1. The van der Waals surface area contributed by atoms with Crippen molar-refractivity contribution in [1.29, 1.82) is 0 Å². The highest BCUT2D eigenvalue weighted by molar-refractivity contribution is 5.93. The molecule has 1 heterocycles. The van der Waals surface area contributed by atoms with Gasteiger partial charge in [0.15, 0.2) is 0 Å². The highest BCUT2D eigenvalue weighted by Crippen LogP contribution is 2.18. The summed E-state index contributed by atoms with van der Waals surface area (Å²) < 4.78 is 1.23. The summed E-state index contributed by atoms with van der Waals surface area (Å²) in [7, 11) is 0. The van der Waals surface area contributed by atoms with Crippen molar-refractivity contribution in [2.75, 3.05) is 4.90 Å². The Morgan fingerprint density at radius 2 is 1.37 bits per heavy atom. The molecule has 0 N–H and O–H groups in total. The summed E-state index contributed by atoms with van der Waals surface area (Å²) in [5, 5.41) is 4.42. The van der Waals surface area contributed by atoms with Gasteiger partial charge in [-0.2, -0.15) is 5.10 Å². The molecule has 0 radical (unpaired) electrons. The molecule has 1 amide bonds. The van der Waals surface area contributed by atoms with Crippen LogP contribution in [-0.2, 0) is 17.9 Å². The predicted molar refractivity (Wildman–Crippen MR) is 118 cm³/mol. The molecule has 0 spiro atoms. The lowest BCUT2D eigenvalue weighted by Gasteiger charge is -2.23. The Morgan fingerprint density at radius 3 is 2.03 bits per heavy atom. The van der Waals surface area contributed by atoms with Gasteiger partial charge in [0.25, 0.3) is 5.56 Å². The number of aromatic nitrogens is 2. The molecule has 0 saturated heterocycles. The van der Waals surface area contributed by atoms with Gasteiger partial charge in [-0.25, -0.2) is 4.68 Å². The molecule has 4 rings (SSSR count). The quantitative estimate of drug-likeness (QED) is 0.493. The molecule has 5 heteroatoms. The van der Waals surface area contributed by atoms with Gasteiger partial charge in [-0.05, 0) is 23.8 Å². The SMILES string of the molecule is O=C(Cn1nc(-c2ccccc2)ccc1=O)N(Cc1ccccc1)c1ccccc1. The molecule has 0 aliphatic heterocycles. The van der Waals surface area contributed by atoms with E-state index in [9.17, 15) is 9.59 Å². The van der Waals surface area contributed by atoms with Crippen LogP contribution in [0.15, 0.2) is 108 Å². The van der Waals surface area contributed by atoms with Crippen LogP contribution in [0, 0.1) is 0 Å². The molecule has 3 aromatic carbocycles. The van der Waals surface area contributed by atoms with Crippen molar-refractivity contribution in [1.82, 2.24) is 9.78 Å². The van der Waals surface area contributed by atoms with Crippen molar-refractivity contribution < 1.29 is 4.79 Å². The lowest BCUT2D eigenvalue weighted by molar-refractivity contribution is -0.119. The van der Waals surface area contributed by atoms with Gasteiger partial charge in [-0.3, -0.25) is 9.59 Å². The van der Waals surface area contributed by atoms with Gasteiger partial charge in [-0.1, -0.05) is 78.9 Å². The number of carbonyl (C=O) groups is 1. The Kier molecular flexibility index (Phi) is 5.80. The van der Waals surface area contributed by atoms with E-state index in [4.69, 9.17) is 0 Å². The fraction of sp³-hybridized carbons (Fsp3) is 0.0800. The van der Waals surface area contributed by atoms with Crippen LogP contribution in [0.2, 0.25) is 0 Å². The zero-order valence-electron chi connectivity index (χ0n) is 16.4.